The highest BCUT2D eigenvalue weighted by Crippen LogP contribution is 2.37. The van der Waals surface area contributed by atoms with Gasteiger partial charge in [0.15, 0.2) is 5.03 Å². The number of nitro groups is 1. The van der Waals surface area contributed by atoms with Gasteiger partial charge in [0.25, 0.3) is 0 Å². The van der Waals surface area contributed by atoms with Crippen molar-refractivity contribution >= 4 is 29.0 Å². The molecular formula is C17H12F2N4O2S. The second kappa shape index (κ2) is 7.44. The lowest BCUT2D eigenvalue weighted by atomic mass is 10.2. The number of aryl methyl sites for hydroxylation is 1. The first-order valence-electron chi connectivity index (χ1n) is 7.40. The summed E-state index contributed by atoms with van der Waals surface area (Å²) in [5.41, 5.74) is 0.543. The smallest absolute Gasteiger partial charge is 0.332 e. The highest BCUT2D eigenvalue weighted by atomic mass is 32.2. The van der Waals surface area contributed by atoms with E-state index in [1.165, 1.54) is 0 Å². The van der Waals surface area contributed by atoms with E-state index in [0.717, 1.165) is 40.7 Å². The molecule has 0 aliphatic rings. The molecule has 0 amide bonds. The summed E-state index contributed by atoms with van der Waals surface area (Å²) in [6.07, 6.45) is 1.15. The molecule has 0 spiro atoms. The van der Waals surface area contributed by atoms with Crippen LogP contribution in [0.2, 0.25) is 0 Å². The van der Waals surface area contributed by atoms with Gasteiger partial charge < -0.3 is 5.32 Å². The van der Waals surface area contributed by atoms with Crippen molar-refractivity contribution in [1.29, 1.82) is 0 Å². The Hall–Kier alpha value is -3.07. The van der Waals surface area contributed by atoms with Crippen LogP contribution in [0.1, 0.15) is 5.56 Å². The Morgan fingerprint density at radius 1 is 1.12 bits per heavy atom. The summed E-state index contributed by atoms with van der Waals surface area (Å²) in [4.78, 5) is 19.5. The highest BCUT2D eigenvalue weighted by Gasteiger charge is 2.24. The van der Waals surface area contributed by atoms with E-state index in [1.807, 2.05) is 31.2 Å². The first-order valence-corrected chi connectivity index (χ1v) is 8.21. The molecule has 0 radical (unpaired) electrons. The minimum absolute atomic E-state index is 0.110. The Morgan fingerprint density at radius 2 is 1.85 bits per heavy atom. The number of anilines is 2. The third-order valence-corrected chi connectivity index (χ3v) is 4.39. The number of halogens is 2. The average Bonchev–Trinajstić information content (AvgIpc) is 2.59. The highest BCUT2D eigenvalue weighted by molar-refractivity contribution is 7.99. The lowest BCUT2D eigenvalue weighted by molar-refractivity contribution is -0.387. The maximum atomic E-state index is 13.8. The molecule has 1 heterocycles. The predicted molar refractivity (Wildman–Crippen MR) is 93.6 cm³/mol. The van der Waals surface area contributed by atoms with E-state index >= 15 is 0 Å². The molecule has 0 aliphatic heterocycles. The molecule has 132 valence electrons. The molecule has 0 atom stereocenters. The lowest BCUT2D eigenvalue weighted by Crippen LogP contribution is -2.04. The van der Waals surface area contributed by atoms with Gasteiger partial charge in [0.2, 0.25) is 5.82 Å². The number of nitrogens with zero attached hydrogens (tertiary/aromatic N) is 3. The van der Waals surface area contributed by atoms with E-state index in [0.29, 0.717) is 6.07 Å². The van der Waals surface area contributed by atoms with Crippen molar-refractivity contribution in [2.24, 2.45) is 0 Å². The zero-order valence-electron chi connectivity index (χ0n) is 13.4. The van der Waals surface area contributed by atoms with Gasteiger partial charge in [0.05, 0.1) is 10.6 Å². The molecule has 1 N–H and O–H groups in total. The standard InChI is InChI=1S/C17H12F2N4O2S/c1-10-2-5-12(6-3-10)26-17-15(23(24)25)16(20-9-21-17)22-14-7-4-11(18)8-13(14)19/h2-9H,1H3,(H,20,21,22). The van der Waals surface area contributed by atoms with Gasteiger partial charge in [-0.05, 0) is 31.2 Å². The zero-order valence-corrected chi connectivity index (χ0v) is 14.3. The fourth-order valence-corrected chi connectivity index (χ4v) is 2.99. The van der Waals surface area contributed by atoms with Gasteiger partial charge >= 0.3 is 5.69 Å². The summed E-state index contributed by atoms with van der Waals surface area (Å²) in [7, 11) is 0. The molecule has 1 aromatic heterocycles. The summed E-state index contributed by atoms with van der Waals surface area (Å²) in [5, 5.41) is 14.2. The molecule has 3 rings (SSSR count). The van der Waals surface area contributed by atoms with E-state index < -0.39 is 16.6 Å². The Bertz CT molecular complexity index is 967. The van der Waals surface area contributed by atoms with Crippen LogP contribution < -0.4 is 5.32 Å². The first-order chi connectivity index (χ1) is 12.4. The van der Waals surface area contributed by atoms with Crippen LogP contribution in [0.3, 0.4) is 0 Å². The van der Waals surface area contributed by atoms with E-state index in [1.54, 1.807) is 0 Å². The molecule has 26 heavy (non-hydrogen) atoms. The van der Waals surface area contributed by atoms with Gasteiger partial charge in [-0.3, -0.25) is 10.1 Å². The number of nitrogens with one attached hydrogen (secondary N) is 1. The second-order valence-corrected chi connectivity index (χ2v) is 6.36. The van der Waals surface area contributed by atoms with Crippen LogP contribution in [-0.2, 0) is 0 Å². The summed E-state index contributed by atoms with van der Waals surface area (Å²) in [6, 6.07) is 10.3. The van der Waals surface area contributed by atoms with E-state index in [-0.39, 0.29) is 22.2 Å². The fraction of sp³-hybridized carbons (Fsp3) is 0.0588. The summed E-state index contributed by atoms with van der Waals surface area (Å²) in [6.45, 7) is 1.93. The quantitative estimate of drug-likeness (QED) is 0.390. The van der Waals surface area contributed by atoms with Crippen LogP contribution in [0.15, 0.2) is 58.7 Å². The van der Waals surface area contributed by atoms with Crippen molar-refractivity contribution in [3.05, 3.63) is 76.1 Å². The molecule has 9 heteroatoms. The molecule has 0 bridgehead atoms. The minimum atomic E-state index is -0.884. The third kappa shape index (κ3) is 3.94. The number of aromatic nitrogens is 2. The Kier molecular flexibility index (Phi) is 5.08. The van der Waals surface area contributed by atoms with E-state index in [9.17, 15) is 18.9 Å². The topological polar surface area (TPSA) is 81.0 Å². The molecule has 0 aliphatic carbocycles. The molecular weight excluding hydrogens is 362 g/mol. The van der Waals surface area contributed by atoms with Crippen molar-refractivity contribution in [2.45, 2.75) is 16.8 Å². The molecule has 2 aromatic carbocycles. The summed E-state index contributed by atoms with van der Waals surface area (Å²) in [5.74, 6) is -1.81. The minimum Gasteiger partial charge on any atom is -0.332 e. The summed E-state index contributed by atoms with van der Waals surface area (Å²) >= 11 is 1.10. The molecule has 3 aromatic rings. The van der Waals surface area contributed by atoms with Crippen LogP contribution in [-0.4, -0.2) is 14.9 Å². The van der Waals surface area contributed by atoms with Crippen molar-refractivity contribution in [3.8, 4) is 0 Å². The maximum Gasteiger partial charge on any atom is 0.343 e. The number of hydrogen-bond donors (Lipinski definition) is 1. The molecule has 0 unspecified atom stereocenters. The van der Waals surface area contributed by atoms with Crippen molar-refractivity contribution < 1.29 is 13.7 Å². The van der Waals surface area contributed by atoms with E-state index in [2.05, 4.69) is 15.3 Å². The van der Waals surface area contributed by atoms with Gasteiger partial charge in [-0.1, -0.05) is 29.5 Å². The number of rotatable bonds is 5. The van der Waals surface area contributed by atoms with E-state index in [4.69, 9.17) is 0 Å². The SMILES string of the molecule is Cc1ccc(Sc2ncnc(Nc3ccc(F)cc3F)c2[N+](=O)[O-])cc1. The molecule has 0 saturated carbocycles. The Balaban J connectivity index is 1.98. The molecule has 0 saturated heterocycles. The second-order valence-electron chi connectivity index (χ2n) is 5.30. The average molecular weight is 374 g/mol. The maximum absolute atomic E-state index is 13.8. The number of benzene rings is 2. The van der Waals surface area contributed by atoms with Crippen molar-refractivity contribution in [3.63, 3.8) is 0 Å². The fourth-order valence-electron chi connectivity index (χ4n) is 2.13. The molecule has 6 nitrogen and oxygen atoms in total. The Morgan fingerprint density at radius 3 is 2.50 bits per heavy atom. The van der Waals surface area contributed by atoms with Crippen LogP contribution in [0.25, 0.3) is 0 Å². The van der Waals surface area contributed by atoms with Gasteiger partial charge in [-0.25, -0.2) is 18.7 Å². The van der Waals surface area contributed by atoms with Crippen LogP contribution >= 0.6 is 11.8 Å². The van der Waals surface area contributed by atoms with Crippen LogP contribution in [0.4, 0.5) is 26.0 Å². The first kappa shape index (κ1) is 17.7. The summed E-state index contributed by atoms with van der Waals surface area (Å²) < 4.78 is 26.9. The monoisotopic (exact) mass is 374 g/mol. The van der Waals surface area contributed by atoms with Crippen LogP contribution in [0.5, 0.6) is 0 Å². The van der Waals surface area contributed by atoms with Gasteiger partial charge in [0, 0.05) is 11.0 Å². The zero-order chi connectivity index (χ0) is 18.7. The lowest BCUT2D eigenvalue weighted by Gasteiger charge is -2.09. The van der Waals surface area contributed by atoms with Gasteiger partial charge in [-0.15, -0.1) is 0 Å². The molecule has 0 fully saturated rings. The normalized spacial score (nSPS) is 10.6. The predicted octanol–water partition coefficient (Wildman–Crippen LogP) is 4.87. The number of hydrogen-bond acceptors (Lipinski definition) is 6. The van der Waals surface area contributed by atoms with Gasteiger partial charge in [-0.2, -0.15) is 0 Å². The third-order valence-electron chi connectivity index (χ3n) is 3.39. The van der Waals surface area contributed by atoms with Crippen molar-refractivity contribution in [2.75, 3.05) is 5.32 Å². The van der Waals surface area contributed by atoms with Gasteiger partial charge in [0.1, 0.15) is 18.0 Å². The van der Waals surface area contributed by atoms with Crippen molar-refractivity contribution in [1.82, 2.24) is 9.97 Å². The Labute approximate surface area is 151 Å². The largest absolute Gasteiger partial charge is 0.343 e. The van der Waals surface area contributed by atoms with Crippen LogP contribution in [0, 0.1) is 28.7 Å².